The van der Waals surface area contributed by atoms with Crippen LogP contribution in [-0.2, 0) is 0 Å². The molecule has 0 aliphatic carbocycles. The number of hydrogen-bond donors (Lipinski definition) is 2. The van der Waals surface area contributed by atoms with Gasteiger partial charge in [0.1, 0.15) is 16.6 Å². The predicted octanol–water partition coefficient (Wildman–Crippen LogP) is 4.56. The number of ether oxygens (including phenoxy) is 1. The first-order valence-electron chi connectivity index (χ1n) is 7.74. The molecule has 124 valence electrons. The van der Waals surface area contributed by atoms with Crippen molar-refractivity contribution in [2.24, 2.45) is 0 Å². The van der Waals surface area contributed by atoms with Gasteiger partial charge in [0.2, 0.25) is 0 Å². The minimum absolute atomic E-state index is 0.162. The molecule has 1 atom stereocenters. The van der Waals surface area contributed by atoms with Gasteiger partial charge in [0.15, 0.2) is 5.69 Å². The Hall–Kier alpha value is -1.95. The zero-order valence-electron chi connectivity index (χ0n) is 13.6. The van der Waals surface area contributed by atoms with Crippen LogP contribution in [0.4, 0.5) is 0 Å². The van der Waals surface area contributed by atoms with Crippen LogP contribution in [0, 0.1) is 0 Å². The van der Waals surface area contributed by atoms with Crippen molar-refractivity contribution >= 4 is 17.7 Å². The lowest BCUT2D eigenvalue weighted by Gasteiger charge is -2.09. The number of aromatic amines is 1. The molecule has 0 radical (unpaired) electrons. The van der Waals surface area contributed by atoms with E-state index < -0.39 is 5.97 Å². The maximum atomic E-state index is 11.5. The Morgan fingerprint density at radius 3 is 2.57 bits per heavy atom. The van der Waals surface area contributed by atoms with Crippen LogP contribution in [0.1, 0.15) is 55.3 Å². The average Bonchev–Trinajstić information content (AvgIpc) is 2.97. The Morgan fingerprint density at radius 2 is 2.04 bits per heavy atom. The lowest BCUT2D eigenvalue weighted by molar-refractivity contribution is 0.0687. The number of H-pyrrole nitrogens is 1. The molecule has 0 saturated carbocycles. The standard InChI is InChI=1S/C17H22N2O3S/c1-4-6-11(5-2)15-18-14(17(20)21)16(19-15)23-13-9-7-12(22-3)8-10-13/h7-11H,4-6H2,1-3H3,(H,18,19)(H,20,21). The number of aromatic nitrogens is 2. The van der Waals surface area contributed by atoms with Crippen LogP contribution in [0.3, 0.4) is 0 Å². The summed E-state index contributed by atoms with van der Waals surface area (Å²) in [6.45, 7) is 4.22. The van der Waals surface area contributed by atoms with Gasteiger partial charge in [-0.25, -0.2) is 9.78 Å². The van der Waals surface area contributed by atoms with E-state index in [-0.39, 0.29) is 11.6 Å². The molecule has 0 aliphatic heterocycles. The van der Waals surface area contributed by atoms with Crippen molar-refractivity contribution in [2.45, 2.75) is 48.9 Å². The first-order chi connectivity index (χ1) is 11.1. The number of hydrogen-bond acceptors (Lipinski definition) is 4. The van der Waals surface area contributed by atoms with Crippen LogP contribution in [0.25, 0.3) is 0 Å². The summed E-state index contributed by atoms with van der Waals surface area (Å²) in [6.07, 6.45) is 2.98. The molecule has 0 spiro atoms. The molecule has 2 aromatic rings. The molecule has 1 heterocycles. The Kier molecular flexibility index (Phi) is 6.10. The second kappa shape index (κ2) is 8.06. The van der Waals surface area contributed by atoms with Crippen molar-refractivity contribution in [1.82, 2.24) is 9.97 Å². The maximum absolute atomic E-state index is 11.5. The molecule has 2 N–H and O–H groups in total. The highest BCUT2D eigenvalue weighted by molar-refractivity contribution is 7.99. The van der Waals surface area contributed by atoms with E-state index in [0.717, 1.165) is 35.7 Å². The molecular formula is C17H22N2O3S. The van der Waals surface area contributed by atoms with E-state index in [2.05, 4.69) is 23.8 Å². The van der Waals surface area contributed by atoms with E-state index in [9.17, 15) is 9.90 Å². The largest absolute Gasteiger partial charge is 0.497 e. The Bertz CT molecular complexity index is 652. The number of nitrogens with zero attached hydrogens (tertiary/aromatic N) is 1. The summed E-state index contributed by atoms with van der Waals surface area (Å²) in [6, 6.07) is 7.49. The van der Waals surface area contributed by atoms with E-state index in [1.165, 1.54) is 11.8 Å². The molecule has 0 bridgehead atoms. The monoisotopic (exact) mass is 334 g/mol. The van der Waals surface area contributed by atoms with Crippen LogP contribution in [0.2, 0.25) is 0 Å². The molecule has 1 aromatic carbocycles. The second-order valence-corrected chi connectivity index (χ2v) is 6.34. The topological polar surface area (TPSA) is 75.2 Å². The molecule has 1 unspecified atom stereocenters. The molecule has 23 heavy (non-hydrogen) atoms. The number of benzene rings is 1. The number of nitrogens with one attached hydrogen (secondary N) is 1. The number of methoxy groups -OCH3 is 1. The van der Waals surface area contributed by atoms with Crippen molar-refractivity contribution in [3.8, 4) is 5.75 Å². The molecule has 0 aliphatic rings. The normalized spacial score (nSPS) is 12.1. The molecule has 5 nitrogen and oxygen atoms in total. The zero-order chi connectivity index (χ0) is 16.8. The number of carbonyl (C=O) groups is 1. The summed E-state index contributed by atoms with van der Waals surface area (Å²) in [5.41, 5.74) is 0.162. The summed E-state index contributed by atoms with van der Waals surface area (Å²) in [4.78, 5) is 20.0. The molecule has 0 fully saturated rings. The first kappa shape index (κ1) is 17.4. The molecule has 0 saturated heterocycles. The SMILES string of the molecule is CCCC(CC)c1nc(Sc2ccc(OC)cc2)c(C(=O)O)[nH]1. The molecule has 1 aromatic heterocycles. The third-order valence-electron chi connectivity index (χ3n) is 3.69. The maximum Gasteiger partial charge on any atom is 0.355 e. The minimum Gasteiger partial charge on any atom is -0.497 e. The van der Waals surface area contributed by atoms with Crippen molar-refractivity contribution in [3.05, 3.63) is 35.8 Å². The highest BCUT2D eigenvalue weighted by atomic mass is 32.2. The number of carboxylic acids is 1. The van der Waals surface area contributed by atoms with E-state index >= 15 is 0 Å². The summed E-state index contributed by atoms with van der Waals surface area (Å²) in [7, 11) is 1.61. The Morgan fingerprint density at radius 1 is 1.35 bits per heavy atom. The smallest absolute Gasteiger partial charge is 0.355 e. The van der Waals surface area contributed by atoms with Gasteiger partial charge in [-0.3, -0.25) is 0 Å². The molecule has 0 amide bonds. The van der Waals surface area contributed by atoms with E-state index in [1.54, 1.807) is 7.11 Å². The Labute approximate surface area is 140 Å². The number of carboxylic acid groups (broad SMARTS) is 1. The zero-order valence-corrected chi connectivity index (χ0v) is 14.4. The van der Waals surface area contributed by atoms with Gasteiger partial charge in [0.05, 0.1) is 7.11 Å². The summed E-state index contributed by atoms with van der Waals surface area (Å²) < 4.78 is 5.13. The fraction of sp³-hybridized carbons (Fsp3) is 0.412. The molecular weight excluding hydrogens is 312 g/mol. The van der Waals surface area contributed by atoms with Gasteiger partial charge in [0, 0.05) is 10.8 Å². The van der Waals surface area contributed by atoms with E-state index in [1.807, 2.05) is 24.3 Å². The van der Waals surface area contributed by atoms with Crippen molar-refractivity contribution < 1.29 is 14.6 Å². The van der Waals surface area contributed by atoms with Crippen molar-refractivity contribution in [1.29, 1.82) is 0 Å². The van der Waals surface area contributed by atoms with Gasteiger partial charge >= 0.3 is 5.97 Å². The van der Waals surface area contributed by atoms with Crippen molar-refractivity contribution in [3.63, 3.8) is 0 Å². The lowest BCUT2D eigenvalue weighted by atomic mass is 10.0. The Balaban J connectivity index is 2.28. The van der Waals surface area contributed by atoms with Crippen LogP contribution < -0.4 is 4.74 Å². The quantitative estimate of drug-likeness (QED) is 0.740. The first-order valence-corrected chi connectivity index (χ1v) is 8.55. The third-order valence-corrected chi connectivity index (χ3v) is 4.69. The van der Waals surface area contributed by atoms with Crippen LogP contribution in [0.15, 0.2) is 34.2 Å². The van der Waals surface area contributed by atoms with Gasteiger partial charge in [-0.1, -0.05) is 32.0 Å². The van der Waals surface area contributed by atoms with Crippen LogP contribution in [-0.4, -0.2) is 28.2 Å². The fourth-order valence-electron chi connectivity index (χ4n) is 2.42. The summed E-state index contributed by atoms with van der Waals surface area (Å²) >= 11 is 1.35. The fourth-order valence-corrected chi connectivity index (χ4v) is 3.30. The van der Waals surface area contributed by atoms with Gasteiger partial charge in [-0.2, -0.15) is 0 Å². The van der Waals surface area contributed by atoms with Crippen LogP contribution >= 0.6 is 11.8 Å². The lowest BCUT2D eigenvalue weighted by Crippen LogP contribution is -2.01. The van der Waals surface area contributed by atoms with Gasteiger partial charge in [-0.15, -0.1) is 0 Å². The molecule has 6 heteroatoms. The minimum atomic E-state index is -0.980. The van der Waals surface area contributed by atoms with Gasteiger partial charge < -0.3 is 14.8 Å². The third kappa shape index (κ3) is 4.28. The highest BCUT2D eigenvalue weighted by Crippen LogP contribution is 2.33. The number of imidazole rings is 1. The van der Waals surface area contributed by atoms with Gasteiger partial charge in [0.25, 0.3) is 0 Å². The van der Waals surface area contributed by atoms with Crippen LogP contribution in [0.5, 0.6) is 5.75 Å². The van der Waals surface area contributed by atoms with E-state index in [0.29, 0.717) is 5.03 Å². The second-order valence-electron chi connectivity index (χ2n) is 5.28. The number of aromatic carboxylic acids is 1. The predicted molar refractivity (Wildman–Crippen MR) is 90.6 cm³/mol. The van der Waals surface area contributed by atoms with E-state index in [4.69, 9.17) is 4.74 Å². The summed E-state index contributed by atoms with van der Waals surface area (Å²) in [5, 5.41) is 9.93. The summed E-state index contributed by atoms with van der Waals surface area (Å²) in [5.74, 6) is 0.821. The number of rotatable bonds is 8. The average molecular weight is 334 g/mol. The highest BCUT2D eigenvalue weighted by Gasteiger charge is 2.21. The van der Waals surface area contributed by atoms with Gasteiger partial charge in [-0.05, 0) is 37.1 Å². The van der Waals surface area contributed by atoms with Crippen molar-refractivity contribution in [2.75, 3.05) is 7.11 Å². The molecule has 2 rings (SSSR count).